The van der Waals surface area contributed by atoms with Crippen LogP contribution >= 0.6 is 0 Å². The third-order valence-electron chi connectivity index (χ3n) is 4.67. The predicted molar refractivity (Wildman–Crippen MR) is 118 cm³/mol. The van der Waals surface area contributed by atoms with E-state index in [1.807, 2.05) is 62.3 Å². The molecule has 0 saturated heterocycles. The van der Waals surface area contributed by atoms with Crippen molar-refractivity contribution in [2.45, 2.75) is 13.8 Å². The van der Waals surface area contributed by atoms with Gasteiger partial charge in [-0.3, -0.25) is 4.79 Å². The van der Waals surface area contributed by atoms with E-state index in [1.54, 1.807) is 0 Å². The van der Waals surface area contributed by atoms with Crippen molar-refractivity contribution < 1.29 is 14.3 Å². The van der Waals surface area contributed by atoms with E-state index in [-0.39, 0.29) is 5.91 Å². The van der Waals surface area contributed by atoms with Crippen molar-refractivity contribution >= 4 is 30.0 Å². The Labute approximate surface area is 170 Å². The van der Waals surface area contributed by atoms with Crippen LogP contribution in [0.4, 0.5) is 5.69 Å². The van der Waals surface area contributed by atoms with Gasteiger partial charge in [0.1, 0.15) is 12.5 Å². The van der Waals surface area contributed by atoms with Crippen molar-refractivity contribution in [3.8, 4) is 16.9 Å². The van der Waals surface area contributed by atoms with Gasteiger partial charge in [0.25, 0.3) is 5.91 Å². The highest BCUT2D eigenvalue weighted by Crippen LogP contribution is 2.37. The number of para-hydroxylation sites is 1. The average Bonchev–Trinajstić information content (AvgIpc) is 3.05. The Morgan fingerprint density at radius 3 is 2.48 bits per heavy atom. The molecule has 29 heavy (non-hydrogen) atoms. The minimum atomic E-state index is -0.0855. The van der Waals surface area contributed by atoms with Crippen molar-refractivity contribution in [2.24, 2.45) is 0 Å². The van der Waals surface area contributed by atoms with Gasteiger partial charge in [-0.05, 0) is 43.2 Å². The normalized spacial score (nSPS) is 13.3. The summed E-state index contributed by atoms with van der Waals surface area (Å²) in [5.74, 6) is 0.697. The summed E-state index contributed by atoms with van der Waals surface area (Å²) in [7, 11) is 0. The summed E-state index contributed by atoms with van der Waals surface area (Å²) in [4.78, 5) is 20.6. The van der Waals surface area contributed by atoms with Gasteiger partial charge in [0.15, 0.2) is 0 Å². The summed E-state index contributed by atoms with van der Waals surface area (Å²) in [6.07, 6.45) is 1.90. The number of rotatable bonds is 4. The van der Waals surface area contributed by atoms with Gasteiger partial charge < -0.3 is 14.8 Å². The molecule has 1 N–H and O–H groups in total. The maximum atomic E-state index is 12.6. The SMILES string of the molecule is C=O.CCOc1ccccc1/C=C1/C(=O)Nc2cc(-c3cccc(C)c3)ccc21. The van der Waals surface area contributed by atoms with Crippen LogP contribution in [0.5, 0.6) is 5.75 Å². The Balaban J connectivity index is 0.00000117. The Morgan fingerprint density at radius 1 is 0.966 bits per heavy atom. The number of fused-ring (bicyclic) bond motifs is 1. The molecule has 0 fully saturated rings. The molecule has 0 aliphatic carbocycles. The minimum Gasteiger partial charge on any atom is -0.493 e. The van der Waals surface area contributed by atoms with Crippen molar-refractivity contribution in [3.63, 3.8) is 0 Å². The number of benzene rings is 3. The largest absolute Gasteiger partial charge is 0.493 e. The Hall–Kier alpha value is -3.66. The van der Waals surface area contributed by atoms with Crippen LogP contribution in [0.3, 0.4) is 0 Å². The summed E-state index contributed by atoms with van der Waals surface area (Å²) in [5.41, 5.74) is 6.78. The van der Waals surface area contributed by atoms with E-state index >= 15 is 0 Å². The van der Waals surface area contributed by atoms with Crippen molar-refractivity contribution in [3.05, 3.63) is 83.4 Å². The lowest BCUT2D eigenvalue weighted by atomic mass is 9.98. The van der Waals surface area contributed by atoms with Gasteiger partial charge in [-0.25, -0.2) is 0 Å². The lowest BCUT2D eigenvalue weighted by Crippen LogP contribution is -2.03. The Kier molecular flexibility index (Phi) is 6.25. The molecule has 3 aromatic rings. The van der Waals surface area contributed by atoms with Crippen LogP contribution in [0.25, 0.3) is 22.8 Å². The number of anilines is 1. The molecule has 0 atom stereocenters. The van der Waals surface area contributed by atoms with E-state index in [0.717, 1.165) is 33.7 Å². The van der Waals surface area contributed by atoms with Crippen LogP contribution in [0, 0.1) is 6.92 Å². The van der Waals surface area contributed by atoms with Crippen LogP contribution in [0.2, 0.25) is 0 Å². The second-order valence-electron chi connectivity index (χ2n) is 6.61. The maximum absolute atomic E-state index is 12.6. The molecule has 1 aliphatic rings. The number of ether oxygens (including phenoxy) is 1. The molecule has 0 bridgehead atoms. The van der Waals surface area contributed by atoms with Gasteiger partial charge in [-0.15, -0.1) is 0 Å². The molecule has 3 aromatic carbocycles. The van der Waals surface area contributed by atoms with E-state index in [9.17, 15) is 4.79 Å². The summed E-state index contributed by atoms with van der Waals surface area (Å²) in [6.45, 7) is 6.62. The summed E-state index contributed by atoms with van der Waals surface area (Å²) < 4.78 is 5.68. The molecule has 0 radical (unpaired) electrons. The third kappa shape index (κ3) is 4.27. The number of hydrogen-bond donors (Lipinski definition) is 1. The standard InChI is InChI=1S/C24H21NO2.CH2O/c1-3-27-23-10-5-4-8-19(23)14-21-20-12-11-18(15-22(20)25-24(21)26)17-9-6-7-16(2)13-17;1-2/h4-15H,3H2,1-2H3,(H,25,26);1H2/b21-14+;. The fraction of sp³-hybridized carbons (Fsp3) is 0.120. The van der Waals surface area contributed by atoms with Crippen LogP contribution in [0.1, 0.15) is 23.6 Å². The second-order valence-corrected chi connectivity index (χ2v) is 6.61. The van der Waals surface area contributed by atoms with E-state index in [1.165, 1.54) is 5.56 Å². The minimum absolute atomic E-state index is 0.0855. The molecule has 1 aliphatic heterocycles. The number of carbonyl (C=O) groups is 2. The third-order valence-corrected chi connectivity index (χ3v) is 4.67. The second kappa shape index (κ2) is 9.02. The number of aryl methyl sites for hydroxylation is 1. The van der Waals surface area contributed by atoms with E-state index in [0.29, 0.717) is 12.2 Å². The first kappa shape index (κ1) is 20.1. The monoisotopic (exact) mass is 385 g/mol. The first-order valence-electron chi connectivity index (χ1n) is 9.41. The zero-order valence-electron chi connectivity index (χ0n) is 16.6. The molecule has 4 nitrogen and oxygen atoms in total. The maximum Gasteiger partial charge on any atom is 0.256 e. The van der Waals surface area contributed by atoms with Gasteiger partial charge in [-0.1, -0.05) is 60.2 Å². The Bertz CT molecular complexity index is 1070. The molecule has 1 heterocycles. The highest BCUT2D eigenvalue weighted by molar-refractivity contribution is 6.35. The summed E-state index contributed by atoms with van der Waals surface area (Å²) >= 11 is 0. The van der Waals surface area contributed by atoms with Gasteiger partial charge >= 0.3 is 0 Å². The first-order chi connectivity index (χ1) is 14.2. The number of hydrogen-bond acceptors (Lipinski definition) is 3. The number of carbonyl (C=O) groups excluding carboxylic acids is 2. The zero-order valence-corrected chi connectivity index (χ0v) is 16.6. The molecule has 4 rings (SSSR count). The molecular weight excluding hydrogens is 362 g/mol. The molecule has 0 aromatic heterocycles. The Morgan fingerprint density at radius 2 is 1.72 bits per heavy atom. The molecule has 0 spiro atoms. The van der Waals surface area contributed by atoms with Crippen LogP contribution in [-0.4, -0.2) is 19.3 Å². The van der Waals surface area contributed by atoms with Crippen LogP contribution in [-0.2, 0) is 9.59 Å². The molecule has 146 valence electrons. The van der Waals surface area contributed by atoms with Gasteiger partial charge in [0.05, 0.1) is 6.61 Å². The quantitative estimate of drug-likeness (QED) is 0.615. The van der Waals surface area contributed by atoms with Crippen molar-refractivity contribution in [1.29, 1.82) is 0 Å². The number of nitrogens with one attached hydrogen (secondary N) is 1. The number of amides is 1. The van der Waals surface area contributed by atoms with Gasteiger partial charge in [0, 0.05) is 22.4 Å². The fourth-order valence-corrected chi connectivity index (χ4v) is 3.38. The smallest absolute Gasteiger partial charge is 0.256 e. The van der Waals surface area contributed by atoms with E-state index in [4.69, 9.17) is 9.53 Å². The fourth-order valence-electron chi connectivity index (χ4n) is 3.38. The van der Waals surface area contributed by atoms with Gasteiger partial charge in [0.2, 0.25) is 0 Å². The molecular formula is C25H23NO3. The van der Waals surface area contributed by atoms with Crippen LogP contribution < -0.4 is 10.1 Å². The zero-order chi connectivity index (χ0) is 20.8. The van der Waals surface area contributed by atoms with Crippen LogP contribution in [0.15, 0.2) is 66.7 Å². The highest BCUT2D eigenvalue weighted by atomic mass is 16.5. The van der Waals surface area contributed by atoms with Crippen molar-refractivity contribution in [1.82, 2.24) is 0 Å². The lowest BCUT2D eigenvalue weighted by molar-refractivity contribution is -0.110. The average molecular weight is 385 g/mol. The predicted octanol–water partition coefficient (Wildman–Crippen LogP) is 5.37. The summed E-state index contributed by atoms with van der Waals surface area (Å²) in [6, 6.07) is 22.2. The highest BCUT2D eigenvalue weighted by Gasteiger charge is 2.24. The summed E-state index contributed by atoms with van der Waals surface area (Å²) in [5, 5.41) is 3.00. The van der Waals surface area contributed by atoms with Crippen molar-refractivity contribution in [2.75, 3.05) is 11.9 Å². The molecule has 0 saturated carbocycles. The molecule has 4 heteroatoms. The first-order valence-corrected chi connectivity index (χ1v) is 9.41. The molecule has 1 amide bonds. The van der Waals surface area contributed by atoms with E-state index < -0.39 is 0 Å². The molecule has 0 unspecified atom stereocenters. The van der Waals surface area contributed by atoms with Gasteiger partial charge in [-0.2, -0.15) is 0 Å². The lowest BCUT2D eigenvalue weighted by Gasteiger charge is -2.08. The van der Waals surface area contributed by atoms with E-state index in [2.05, 4.69) is 36.5 Å². The topological polar surface area (TPSA) is 55.4 Å².